The number of ether oxygens (including phenoxy) is 1. The number of hydrogen-bond acceptors (Lipinski definition) is 3. The van der Waals surface area contributed by atoms with Crippen molar-refractivity contribution in [1.29, 1.82) is 0 Å². The summed E-state index contributed by atoms with van der Waals surface area (Å²) in [5.74, 6) is 0.0667. The molecule has 1 aromatic carbocycles. The zero-order valence-electron chi connectivity index (χ0n) is 14.0. The third-order valence-corrected chi connectivity index (χ3v) is 4.23. The number of nitrogens with one attached hydrogen (secondary N) is 1. The molecule has 0 spiro atoms. The Kier molecular flexibility index (Phi) is 11.6. The topological polar surface area (TPSA) is 24.5 Å². The van der Waals surface area contributed by atoms with E-state index in [9.17, 15) is 4.39 Å². The van der Waals surface area contributed by atoms with Crippen molar-refractivity contribution in [2.45, 2.75) is 38.6 Å². The molecule has 1 heterocycles. The molecule has 1 atom stereocenters. The monoisotopic (exact) mass is 366 g/mol. The lowest BCUT2D eigenvalue weighted by Crippen LogP contribution is -2.45. The van der Waals surface area contributed by atoms with Gasteiger partial charge in [-0.15, -0.1) is 24.8 Å². The van der Waals surface area contributed by atoms with Crippen LogP contribution in [0.5, 0.6) is 5.75 Å². The number of rotatable bonds is 7. The number of benzene rings is 1. The van der Waals surface area contributed by atoms with Gasteiger partial charge in [0.25, 0.3) is 0 Å². The van der Waals surface area contributed by atoms with Crippen molar-refractivity contribution >= 4 is 24.8 Å². The fourth-order valence-electron chi connectivity index (χ4n) is 3.03. The predicted octanol–water partition coefficient (Wildman–Crippen LogP) is 4.20. The fraction of sp³-hybridized carbons (Fsp3) is 0.647. The van der Waals surface area contributed by atoms with Crippen LogP contribution in [0.1, 0.15) is 44.2 Å². The first kappa shape index (κ1) is 22.4. The molecular formula is C17H29Cl2FN2O. The fourth-order valence-corrected chi connectivity index (χ4v) is 3.03. The van der Waals surface area contributed by atoms with Crippen molar-refractivity contribution in [3.63, 3.8) is 0 Å². The van der Waals surface area contributed by atoms with Crippen LogP contribution in [0.2, 0.25) is 0 Å². The smallest absolute Gasteiger partial charge is 0.165 e. The standard InChI is InChI=1S/C17H27FN2O.2ClH/c1-3-4-5-6-16(20-11-9-19-10-12-20)14-7-8-15(18)17(13-14)21-2;;/h7-8,13,16,19H,3-6,9-12H2,1-2H3;2*1H/t16-;;/m0../s1. The predicted molar refractivity (Wildman–Crippen MR) is 98.8 cm³/mol. The maximum atomic E-state index is 13.6. The van der Waals surface area contributed by atoms with Crippen molar-refractivity contribution in [3.8, 4) is 5.75 Å². The SMILES string of the molecule is CCCCC[C@@H](c1ccc(F)c(OC)c1)N1CCNCC1.Cl.Cl. The molecular weight excluding hydrogens is 338 g/mol. The second-order valence-electron chi connectivity index (χ2n) is 5.69. The molecule has 1 aliphatic rings. The summed E-state index contributed by atoms with van der Waals surface area (Å²) in [5.41, 5.74) is 1.17. The van der Waals surface area contributed by atoms with E-state index in [4.69, 9.17) is 4.74 Å². The molecule has 0 aromatic heterocycles. The molecule has 0 unspecified atom stereocenters. The summed E-state index contributed by atoms with van der Waals surface area (Å²) < 4.78 is 18.8. The lowest BCUT2D eigenvalue weighted by molar-refractivity contribution is 0.162. The third kappa shape index (κ3) is 6.46. The van der Waals surface area contributed by atoms with Gasteiger partial charge in [-0.3, -0.25) is 4.90 Å². The van der Waals surface area contributed by atoms with Gasteiger partial charge in [-0.25, -0.2) is 4.39 Å². The Morgan fingerprint density at radius 1 is 1.22 bits per heavy atom. The Balaban J connectivity index is 0.00000242. The van der Waals surface area contributed by atoms with E-state index in [0.29, 0.717) is 11.8 Å². The van der Waals surface area contributed by atoms with E-state index in [1.54, 1.807) is 0 Å². The number of methoxy groups -OCH3 is 1. The first-order valence-electron chi connectivity index (χ1n) is 8.04. The Morgan fingerprint density at radius 2 is 1.91 bits per heavy atom. The highest BCUT2D eigenvalue weighted by Crippen LogP contribution is 2.30. The number of nitrogens with zero attached hydrogens (tertiary/aromatic N) is 1. The Labute approximate surface area is 151 Å². The molecule has 0 amide bonds. The lowest BCUT2D eigenvalue weighted by Gasteiger charge is -2.35. The van der Waals surface area contributed by atoms with Gasteiger partial charge in [-0.05, 0) is 24.1 Å². The van der Waals surface area contributed by atoms with E-state index in [1.165, 1.54) is 38.0 Å². The molecule has 134 valence electrons. The van der Waals surface area contributed by atoms with Crippen LogP contribution in [0.25, 0.3) is 0 Å². The third-order valence-electron chi connectivity index (χ3n) is 4.23. The summed E-state index contributed by atoms with van der Waals surface area (Å²) in [7, 11) is 1.53. The van der Waals surface area contributed by atoms with Gasteiger partial charge < -0.3 is 10.1 Å². The van der Waals surface area contributed by atoms with Crippen molar-refractivity contribution in [1.82, 2.24) is 10.2 Å². The van der Waals surface area contributed by atoms with Crippen molar-refractivity contribution < 1.29 is 9.13 Å². The van der Waals surface area contributed by atoms with Gasteiger partial charge in [-0.1, -0.05) is 32.3 Å². The molecule has 0 aliphatic carbocycles. The molecule has 6 heteroatoms. The van der Waals surface area contributed by atoms with E-state index < -0.39 is 0 Å². The van der Waals surface area contributed by atoms with Crippen LogP contribution in [0.3, 0.4) is 0 Å². The first-order valence-corrected chi connectivity index (χ1v) is 8.04. The van der Waals surface area contributed by atoms with E-state index in [0.717, 1.165) is 32.6 Å². The molecule has 1 saturated heterocycles. The highest BCUT2D eigenvalue weighted by atomic mass is 35.5. The average Bonchev–Trinajstić information content (AvgIpc) is 2.53. The first-order chi connectivity index (χ1) is 10.3. The highest BCUT2D eigenvalue weighted by Gasteiger charge is 2.22. The number of halogens is 3. The van der Waals surface area contributed by atoms with Crippen LogP contribution >= 0.6 is 24.8 Å². The Bertz CT molecular complexity index is 443. The Morgan fingerprint density at radius 3 is 2.52 bits per heavy atom. The van der Waals surface area contributed by atoms with Gasteiger partial charge in [0.2, 0.25) is 0 Å². The van der Waals surface area contributed by atoms with E-state index in [1.807, 2.05) is 12.1 Å². The molecule has 1 aliphatic heterocycles. The Hall–Kier alpha value is -0.550. The summed E-state index contributed by atoms with van der Waals surface area (Å²) in [6.45, 7) is 6.39. The number of hydrogen-bond donors (Lipinski definition) is 1. The molecule has 1 aromatic rings. The quantitative estimate of drug-likeness (QED) is 0.731. The summed E-state index contributed by atoms with van der Waals surface area (Å²) in [6, 6.07) is 5.68. The van der Waals surface area contributed by atoms with Crippen LogP contribution in [-0.2, 0) is 0 Å². The number of unbranched alkanes of at least 4 members (excludes halogenated alkanes) is 2. The molecule has 0 saturated carbocycles. The second-order valence-corrected chi connectivity index (χ2v) is 5.69. The van der Waals surface area contributed by atoms with Gasteiger partial charge in [-0.2, -0.15) is 0 Å². The van der Waals surface area contributed by atoms with Crippen LogP contribution in [0, 0.1) is 5.82 Å². The van der Waals surface area contributed by atoms with Crippen molar-refractivity contribution in [2.24, 2.45) is 0 Å². The zero-order valence-corrected chi connectivity index (χ0v) is 15.6. The van der Waals surface area contributed by atoms with Crippen molar-refractivity contribution in [2.75, 3.05) is 33.3 Å². The van der Waals surface area contributed by atoms with Gasteiger partial charge >= 0.3 is 0 Å². The minimum Gasteiger partial charge on any atom is -0.494 e. The minimum absolute atomic E-state index is 0. The van der Waals surface area contributed by atoms with Crippen molar-refractivity contribution in [3.05, 3.63) is 29.6 Å². The van der Waals surface area contributed by atoms with Crippen LogP contribution in [0.15, 0.2) is 18.2 Å². The molecule has 0 radical (unpaired) electrons. The van der Waals surface area contributed by atoms with Gasteiger partial charge in [0, 0.05) is 32.2 Å². The van der Waals surface area contributed by atoms with Gasteiger partial charge in [0.05, 0.1) is 7.11 Å². The summed E-state index contributed by atoms with van der Waals surface area (Å²) >= 11 is 0. The minimum atomic E-state index is -0.283. The largest absolute Gasteiger partial charge is 0.494 e. The molecule has 2 rings (SSSR count). The molecule has 1 fully saturated rings. The second kappa shape index (κ2) is 11.9. The van der Waals surface area contributed by atoms with Gasteiger partial charge in [0.15, 0.2) is 11.6 Å². The summed E-state index contributed by atoms with van der Waals surface area (Å²) in [5, 5.41) is 3.39. The zero-order chi connectivity index (χ0) is 15.1. The molecule has 0 bridgehead atoms. The molecule has 3 nitrogen and oxygen atoms in total. The van der Waals surface area contributed by atoms with E-state index in [2.05, 4.69) is 17.1 Å². The van der Waals surface area contributed by atoms with Crippen LogP contribution < -0.4 is 10.1 Å². The summed E-state index contributed by atoms with van der Waals surface area (Å²) in [4.78, 5) is 2.51. The normalized spacial score (nSPS) is 16.1. The van der Waals surface area contributed by atoms with E-state index >= 15 is 0 Å². The maximum Gasteiger partial charge on any atom is 0.165 e. The van der Waals surface area contributed by atoms with Crippen LogP contribution in [0.4, 0.5) is 4.39 Å². The van der Waals surface area contributed by atoms with E-state index in [-0.39, 0.29) is 30.6 Å². The molecule has 1 N–H and O–H groups in total. The highest BCUT2D eigenvalue weighted by molar-refractivity contribution is 5.85. The number of piperazine rings is 1. The maximum absolute atomic E-state index is 13.6. The summed E-state index contributed by atoms with van der Waals surface area (Å²) in [6.07, 6.45) is 4.81. The van der Waals surface area contributed by atoms with Crippen LogP contribution in [-0.4, -0.2) is 38.2 Å². The average molecular weight is 367 g/mol. The van der Waals surface area contributed by atoms with Gasteiger partial charge in [0.1, 0.15) is 0 Å². The lowest BCUT2D eigenvalue weighted by atomic mass is 9.98. The molecule has 23 heavy (non-hydrogen) atoms.